The van der Waals surface area contributed by atoms with Crippen molar-refractivity contribution < 1.29 is 22.7 Å². The molecule has 0 fully saturated rings. The second-order valence-corrected chi connectivity index (χ2v) is 7.55. The van der Waals surface area contributed by atoms with Gasteiger partial charge in [-0.3, -0.25) is 4.79 Å². The van der Waals surface area contributed by atoms with Crippen LogP contribution in [0.3, 0.4) is 0 Å². The zero-order valence-corrected chi connectivity index (χ0v) is 13.9. The van der Waals surface area contributed by atoms with Gasteiger partial charge in [-0.15, -0.1) is 0 Å². The van der Waals surface area contributed by atoms with Gasteiger partial charge in [0.2, 0.25) is 12.7 Å². The van der Waals surface area contributed by atoms with Gasteiger partial charge in [-0.2, -0.15) is 0 Å². The average Bonchev–Trinajstić information content (AvgIpc) is 3.00. The van der Waals surface area contributed by atoms with Gasteiger partial charge in [0.25, 0.3) is 0 Å². The van der Waals surface area contributed by atoms with Gasteiger partial charge in [0.05, 0.1) is 4.90 Å². The molecule has 0 saturated carbocycles. The molecule has 0 unspecified atom stereocenters. The average molecular weight is 347 g/mol. The highest BCUT2D eigenvalue weighted by Crippen LogP contribution is 2.32. The van der Waals surface area contributed by atoms with Crippen molar-refractivity contribution in [2.75, 3.05) is 18.4 Å². The van der Waals surface area contributed by atoms with E-state index in [1.165, 1.54) is 12.1 Å². The maximum Gasteiger partial charge on any atom is 0.231 e. The van der Waals surface area contributed by atoms with E-state index >= 15 is 0 Å². The van der Waals surface area contributed by atoms with E-state index in [2.05, 4.69) is 5.32 Å². The van der Waals surface area contributed by atoms with Gasteiger partial charge < -0.3 is 14.8 Å². The Labute approximate surface area is 140 Å². The number of anilines is 1. The van der Waals surface area contributed by atoms with E-state index in [1.807, 2.05) is 18.2 Å². The number of benzene rings is 2. The first-order valence-electron chi connectivity index (χ1n) is 7.40. The maximum absolute atomic E-state index is 12.1. The van der Waals surface area contributed by atoms with Crippen LogP contribution in [0.15, 0.2) is 47.4 Å². The van der Waals surface area contributed by atoms with Crippen LogP contribution in [0.4, 0.5) is 5.69 Å². The Morgan fingerprint density at radius 2 is 1.92 bits per heavy atom. The van der Waals surface area contributed by atoms with E-state index in [9.17, 15) is 13.2 Å². The van der Waals surface area contributed by atoms with E-state index < -0.39 is 9.84 Å². The summed E-state index contributed by atoms with van der Waals surface area (Å²) in [5.41, 5.74) is 1.44. The van der Waals surface area contributed by atoms with Crippen LogP contribution >= 0.6 is 0 Å². The van der Waals surface area contributed by atoms with Crippen molar-refractivity contribution in [1.29, 1.82) is 0 Å². The summed E-state index contributed by atoms with van der Waals surface area (Å²) in [6.45, 7) is 0.218. The number of carbonyl (C=O) groups excluding carboxylic acids is 1. The van der Waals surface area contributed by atoms with Crippen LogP contribution < -0.4 is 14.8 Å². The summed E-state index contributed by atoms with van der Waals surface area (Å²) in [6.07, 6.45) is 1.96. The van der Waals surface area contributed by atoms with Crippen LogP contribution in [0.5, 0.6) is 11.5 Å². The number of aryl methyl sites for hydroxylation is 1. The van der Waals surface area contributed by atoms with Crippen LogP contribution in [-0.4, -0.2) is 27.4 Å². The molecule has 0 atom stereocenters. The molecule has 1 amide bonds. The van der Waals surface area contributed by atoms with Gasteiger partial charge in [-0.05, 0) is 42.3 Å². The Morgan fingerprint density at radius 1 is 1.12 bits per heavy atom. The number of amides is 1. The lowest BCUT2D eigenvalue weighted by Crippen LogP contribution is -2.12. The van der Waals surface area contributed by atoms with Crippen LogP contribution in [0.1, 0.15) is 12.0 Å². The van der Waals surface area contributed by atoms with E-state index in [-0.39, 0.29) is 24.0 Å². The SMILES string of the molecule is CS(=O)(=O)c1cccc(NC(=O)CCc2ccc3c(c2)OCO3)c1. The first kappa shape index (κ1) is 16.3. The molecule has 7 heteroatoms. The molecule has 1 aliphatic rings. The molecule has 126 valence electrons. The third-order valence-corrected chi connectivity index (χ3v) is 4.73. The molecule has 0 bridgehead atoms. The van der Waals surface area contributed by atoms with Crippen molar-refractivity contribution >= 4 is 21.4 Å². The van der Waals surface area contributed by atoms with Gasteiger partial charge >= 0.3 is 0 Å². The van der Waals surface area contributed by atoms with Crippen molar-refractivity contribution in [2.45, 2.75) is 17.7 Å². The highest BCUT2D eigenvalue weighted by Gasteiger charge is 2.14. The normalized spacial score (nSPS) is 12.9. The third-order valence-electron chi connectivity index (χ3n) is 3.62. The van der Waals surface area contributed by atoms with E-state index in [0.717, 1.165) is 11.8 Å². The number of sulfone groups is 1. The summed E-state index contributed by atoms with van der Waals surface area (Å²) in [5, 5.41) is 2.72. The standard InChI is InChI=1S/C17H17NO5S/c1-24(20,21)14-4-2-3-13(10-14)18-17(19)8-6-12-5-7-15-16(9-12)23-11-22-15/h2-5,7,9-10H,6,8,11H2,1H3,(H,18,19). The van der Waals surface area contributed by atoms with Crippen molar-refractivity contribution in [2.24, 2.45) is 0 Å². The van der Waals surface area contributed by atoms with Gasteiger partial charge in [0.15, 0.2) is 21.3 Å². The molecule has 2 aromatic rings. The van der Waals surface area contributed by atoms with Crippen molar-refractivity contribution in [1.82, 2.24) is 0 Å². The van der Waals surface area contributed by atoms with Crippen molar-refractivity contribution in [3.8, 4) is 11.5 Å². The van der Waals surface area contributed by atoms with E-state index in [4.69, 9.17) is 9.47 Å². The molecule has 6 nitrogen and oxygen atoms in total. The fraction of sp³-hybridized carbons (Fsp3) is 0.235. The summed E-state index contributed by atoms with van der Waals surface area (Å²) in [5.74, 6) is 1.22. The molecule has 2 aromatic carbocycles. The van der Waals surface area contributed by atoms with Crippen molar-refractivity contribution in [3.05, 3.63) is 48.0 Å². The summed E-state index contributed by atoms with van der Waals surface area (Å²) in [6, 6.07) is 11.8. The smallest absolute Gasteiger partial charge is 0.231 e. The number of fused-ring (bicyclic) bond motifs is 1. The number of nitrogens with one attached hydrogen (secondary N) is 1. The summed E-state index contributed by atoms with van der Waals surface area (Å²) < 4.78 is 33.6. The predicted molar refractivity (Wildman–Crippen MR) is 89.1 cm³/mol. The number of carbonyl (C=O) groups is 1. The number of rotatable bonds is 5. The fourth-order valence-corrected chi connectivity index (χ4v) is 3.05. The zero-order valence-electron chi connectivity index (χ0n) is 13.1. The van der Waals surface area contributed by atoms with Gasteiger partial charge in [-0.25, -0.2) is 8.42 Å². The van der Waals surface area contributed by atoms with Crippen LogP contribution in [-0.2, 0) is 21.1 Å². The Hall–Kier alpha value is -2.54. The molecule has 0 spiro atoms. The summed E-state index contributed by atoms with van der Waals surface area (Å²) in [4.78, 5) is 12.2. The predicted octanol–water partition coefficient (Wildman–Crippen LogP) is 2.39. The maximum atomic E-state index is 12.1. The number of ether oxygens (including phenoxy) is 2. The zero-order chi connectivity index (χ0) is 17.2. The second-order valence-electron chi connectivity index (χ2n) is 5.54. The molecule has 24 heavy (non-hydrogen) atoms. The molecular weight excluding hydrogens is 330 g/mol. The molecule has 1 heterocycles. The van der Waals surface area contributed by atoms with Crippen LogP contribution in [0.25, 0.3) is 0 Å². The minimum Gasteiger partial charge on any atom is -0.454 e. The lowest BCUT2D eigenvalue weighted by molar-refractivity contribution is -0.116. The minimum atomic E-state index is -3.30. The first-order chi connectivity index (χ1) is 11.4. The topological polar surface area (TPSA) is 81.7 Å². The molecule has 1 N–H and O–H groups in total. The molecule has 0 saturated heterocycles. The molecule has 0 radical (unpaired) electrons. The first-order valence-corrected chi connectivity index (χ1v) is 9.29. The van der Waals surface area contributed by atoms with E-state index in [1.54, 1.807) is 12.1 Å². The van der Waals surface area contributed by atoms with Crippen molar-refractivity contribution in [3.63, 3.8) is 0 Å². The quantitative estimate of drug-likeness (QED) is 0.898. The molecule has 3 rings (SSSR count). The van der Waals surface area contributed by atoms with E-state index in [0.29, 0.717) is 23.6 Å². The highest BCUT2D eigenvalue weighted by atomic mass is 32.2. The van der Waals surface area contributed by atoms with Gasteiger partial charge in [0, 0.05) is 18.4 Å². The summed E-state index contributed by atoms with van der Waals surface area (Å²) >= 11 is 0. The Kier molecular flexibility index (Phi) is 4.44. The molecule has 0 aliphatic carbocycles. The van der Waals surface area contributed by atoms with Crippen LogP contribution in [0, 0.1) is 0 Å². The molecule has 1 aliphatic heterocycles. The molecule has 0 aromatic heterocycles. The van der Waals surface area contributed by atoms with Crippen LogP contribution in [0.2, 0.25) is 0 Å². The fourth-order valence-electron chi connectivity index (χ4n) is 2.38. The Bertz CT molecular complexity index is 876. The van der Waals surface area contributed by atoms with Gasteiger partial charge in [0.1, 0.15) is 0 Å². The monoisotopic (exact) mass is 347 g/mol. The lowest BCUT2D eigenvalue weighted by atomic mass is 10.1. The lowest BCUT2D eigenvalue weighted by Gasteiger charge is -2.07. The second kappa shape index (κ2) is 6.52. The third kappa shape index (κ3) is 3.86. The minimum absolute atomic E-state index is 0.177. The number of hydrogen-bond donors (Lipinski definition) is 1. The number of hydrogen-bond acceptors (Lipinski definition) is 5. The Balaban J connectivity index is 1.60. The van der Waals surface area contributed by atoms with Gasteiger partial charge in [-0.1, -0.05) is 12.1 Å². The Morgan fingerprint density at radius 3 is 2.71 bits per heavy atom. The highest BCUT2D eigenvalue weighted by molar-refractivity contribution is 7.90. The summed E-state index contributed by atoms with van der Waals surface area (Å²) in [7, 11) is -3.30. The largest absolute Gasteiger partial charge is 0.454 e. The molecular formula is C17H17NO5S.